The molecule has 1 saturated heterocycles. The molecule has 1 saturated carbocycles. The van der Waals surface area contributed by atoms with Crippen LogP contribution in [0.2, 0.25) is 0 Å². The van der Waals surface area contributed by atoms with Gasteiger partial charge in [-0.25, -0.2) is 4.98 Å². The van der Waals surface area contributed by atoms with Crippen molar-refractivity contribution in [3.8, 4) is 0 Å². The molecule has 2 fully saturated rings. The molecule has 178 valence electrons. The van der Waals surface area contributed by atoms with Crippen LogP contribution in [-0.4, -0.2) is 56.6 Å². The van der Waals surface area contributed by atoms with E-state index in [1.807, 2.05) is 24.3 Å². The lowest BCUT2D eigenvalue weighted by molar-refractivity contribution is -0.128. The average molecular weight is 463 g/mol. The molecule has 1 aromatic carbocycles. The molecular weight excluding hydrogens is 432 g/mol. The van der Waals surface area contributed by atoms with E-state index in [9.17, 15) is 14.7 Å². The highest BCUT2D eigenvalue weighted by Crippen LogP contribution is 2.30. The van der Waals surface area contributed by atoms with Gasteiger partial charge in [0.15, 0.2) is 0 Å². The van der Waals surface area contributed by atoms with Gasteiger partial charge in [0.2, 0.25) is 17.8 Å². The smallest absolute Gasteiger partial charge is 0.248 e. The van der Waals surface area contributed by atoms with Gasteiger partial charge in [-0.15, -0.1) is 0 Å². The van der Waals surface area contributed by atoms with Crippen LogP contribution in [0.3, 0.4) is 0 Å². The van der Waals surface area contributed by atoms with Crippen molar-refractivity contribution < 1.29 is 14.7 Å². The van der Waals surface area contributed by atoms with Crippen molar-refractivity contribution in [3.63, 3.8) is 0 Å². The van der Waals surface area contributed by atoms with Crippen molar-refractivity contribution in [2.24, 2.45) is 0 Å². The number of H-pyrrole nitrogens is 1. The van der Waals surface area contributed by atoms with E-state index in [2.05, 4.69) is 25.6 Å². The van der Waals surface area contributed by atoms with Gasteiger partial charge in [0, 0.05) is 30.5 Å². The van der Waals surface area contributed by atoms with E-state index in [-0.39, 0.29) is 24.3 Å². The number of anilines is 1. The third-order valence-electron chi connectivity index (χ3n) is 6.71. The van der Waals surface area contributed by atoms with Crippen molar-refractivity contribution >= 4 is 28.8 Å². The maximum Gasteiger partial charge on any atom is 0.248 e. The van der Waals surface area contributed by atoms with Gasteiger partial charge in [-0.1, -0.05) is 37.5 Å². The molecule has 0 radical (unpaired) electrons. The van der Waals surface area contributed by atoms with E-state index in [1.165, 1.54) is 11.3 Å². The molecule has 2 amide bonds. The number of hydrogen-bond acceptors (Lipinski definition) is 6. The Bertz CT molecular complexity index is 1110. The number of aromatic nitrogens is 3. The van der Waals surface area contributed by atoms with Gasteiger partial charge in [0.25, 0.3) is 0 Å². The Morgan fingerprint density at radius 2 is 1.94 bits per heavy atom. The van der Waals surface area contributed by atoms with Gasteiger partial charge in [0.1, 0.15) is 6.04 Å². The van der Waals surface area contributed by atoms with Crippen LogP contribution in [0.1, 0.15) is 50.1 Å². The van der Waals surface area contributed by atoms with Gasteiger partial charge in [-0.3, -0.25) is 19.5 Å². The Balaban J connectivity index is 1.56. The lowest BCUT2D eigenvalue weighted by atomic mass is 9.94. The van der Waals surface area contributed by atoms with Crippen molar-refractivity contribution in [1.82, 2.24) is 25.6 Å². The minimum Gasteiger partial charge on any atom is -0.392 e. The number of fused-ring (bicyclic) bond motifs is 1. The third kappa shape index (κ3) is 4.67. The minimum atomic E-state index is -0.955. The average Bonchev–Trinajstić information content (AvgIpc) is 3.49. The summed E-state index contributed by atoms with van der Waals surface area (Å²) < 4.78 is 0. The molecular formula is C25H30N6O3. The summed E-state index contributed by atoms with van der Waals surface area (Å²) in [5.74, 6) is -0.280. The first-order chi connectivity index (χ1) is 16.6. The fourth-order valence-electron chi connectivity index (χ4n) is 4.96. The van der Waals surface area contributed by atoms with Crippen LogP contribution in [0.5, 0.6) is 0 Å². The number of β-amino-alcohol motifs (C(OH)–C–C–N with tert-alkyl or cyclic N) is 1. The second-order valence-corrected chi connectivity index (χ2v) is 9.17. The van der Waals surface area contributed by atoms with Crippen LogP contribution in [0.4, 0.5) is 5.95 Å². The molecule has 3 heterocycles. The number of hydrogen-bond donors (Lipinski definition) is 4. The molecule has 1 aliphatic heterocycles. The summed E-state index contributed by atoms with van der Waals surface area (Å²) in [6, 6.07) is 9.58. The zero-order valence-corrected chi connectivity index (χ0v) is 19.0. The van der Waals surface area contributed by atoms with E-state index < -0.39 is 18.2 Å². The number of nitrogens with zero attached hydrogens (tertiary/aromatic N) is 3. The number of pyridine rings is 1. The number of nitrogens with one attached hydrogen (secondary N) is 3. The van der Waals surface area contributed by atoms with Crippen LogP contribution in [0, 0.1) is 0 Å². The third-order valence-corrected chi connectivity index (χ3v) is 6.71. The summed E-state index contributed by atoms with van der Waals surface area (Å²) in [6.07, 6.45) is 8.13. The Morgan fingerprint density at radius 1 is 1.12 bits per heavy atom. The molecule has 0 spiro atoms. The van der Waals surface area contributed by atoms with Crippen molar-refractivity contribution in [3.05, 3.63) is 54.4 Å². The SMILES string of the molecule is O=C(NC1CCCCC1)C(c1cccnc1)N(C(=O)[C@H]1C[C@@H](O)CN1)c1nc2ccccc2[nH]1. The molecule has 34 heavy (non-hydrogen) atoms. The zero-order valence-electron chi connectivity index (χ0n) is 19.0. The number of aliphatic hydroxyl groups excluding tert-OH is 1. The fourth-order valence-corrected chi connectivity index (χ4v) is 4.96. The van der Waals surface area contributed by atoms with Crippen LogP contribution in [-0.2, 0) is 9.59 Å². The molecule has 1 unspecified atom stereocenters. The largest absolute Gasteiger partial charge is 0.392 e. The van der Waals surface area contributed by atoms with Crippen molar-refractivity contribution in [1.29, 1.82) is 0 Å². The topological polar surface area (TPSA) is 123 Å². The molecule has 0 bridgehead atoms. The highest BCUT2D eigenvalue weighted by atomic mass is 16.3. The van der Waals surface area contributed by atoms with Gasteiger partial charge in [-0.05, 0) is 37.5 Å². The maximum atomic E-state index is 13.9. The predicted molar refractivity (Wildman–Crippen MR) is 128 cm³/mol. The number of aliphatic hydroxyl groups is 1. The molecule has 5 rings (SSSR count). The zero-order chi connectivity index (χ0) is 23.5. The Labute approximate surface area is 198 Å². The van der Waals surface area contributed by atoms with Gasteiger partial charge in [-0.2, -0.15) is 0 Å². The molecule has 9 heteroatoms. The highest BCUT2D eigenvalue weighted by Gasteiger charge is 2.40. The summed E-state index contributed by atoms with van der Waals surface area (Å²) in [4.78, 5) is 41.2. The fraction of sp³-hybridized carbons (Fsp3) is 0.440. The maximum absolute atomic E-state index is 13.9. The number of para-hydroxylation sites is 2. The van der Waals surface area contributed by atoms with E-state index in [0.29, 0.717) is 23.6 Å². The van der Waals surface area contributed by atoms with Crippen LogP contribution >= 0.6 is 0 Å². The summed E-state index contributed by atoms with van der Waals surface area (Å²) in [5.41, 5.74) is 2.07. The Hall–Kier alpha value is -3.30. The molecule has 9 nitrogen and oxygen atoms in total. The van der Waals surface area contributed by atoms with E-state index >= 15 is 0 Å². The van der Waals surface area contributed by atoms with Crippen molar-refractivity contribution in [2.75, 3.05) is 11.4 Å². The standard InChI is InChI=1S/C25H30N6O3/c32-18-13-21(27-15-18)24(34)31(25-29-19-10-4-5-11-20(19)30-25)22(16-7-6-12-26-14-16)23(33)28-17-8-2-1-3-9-17/h4-7,10-12,14,17-18,21-22,27,32H,1-3,8-9,13,15H2,(H,28,33)(H,29,30)/t18-,21-,22?/m1/s1. The number of carbonyl (C=O) groups is 2. The summed E-state index contributed by atoms with van der Waals surface area (Å²) in [5, 5.41) is 16.3. The normalized spacial score (nSPS) is 21.9. The number of rotatable bonds is 6. The molecule has 2 aromatic heterocycles. The molecule has 3 atom stereocenters. The highest BCUT2D eigenvalue weighted by molar-refractivity contribution is 6.03. The quantitative estimate of drug-likeness (QED) is 0.445. The van der Waals surface area contributed by atoms with Crippen molar-refractivity contribution in [2.45, 2.75) is 62.8 Å². The number of amides is 2. The number of benzene rings is 1. The first-order valence-electron chi connectivity index (χ1n) is 12.0. The summed E-state index contributed by atoms with van der Waals surface area (Å²) in [6.45, 7) is 0.330. The lowest BCUT2D eigenvalue weighted by Gasteiger charge is -2.33. The number of imidazole rings is 1. The van der Waals surface area contributed by atoms with Crippen LogP contribution in [0.25, 0.3) is 11.0 Å². The molecule has 2 aliphatic rings. The van der Waals surface area contributed by atoms with Gasteiger partial charge in [0.05, 0.1) is 23.2 Å². The Kier molecular flexibility index (Phi) is 6.55. The second kappa shape index (κ2) is 9.90. The molecule has 1 aliphatic carbocycles. The summed E-state index contributed by atoms with van der Waals surface area (Å²) >= 11 is 0. The number of aromatic amines is 1. The van der Waals surface area contributed by atoms with E-state index in [4.69, 9.17) is 0 Å². The number of carbonyl (C=O) groups excluding carboxylic acids is 2. The monoisotopic (exact) mass is 462 g/mol. The second-order valence-electron chi connectivity index (χ2n) is 9.17. The first-order valence-corrected chi connectivity index (χ1v) is 12.0. The Morgan fingerprint density at radius 3 is 2.65 bits per heavy atom. The van der Waals surface area contributed by atoms with Crippen LogP contribution in [0.15, 0.2) is 48.8 Å². The van der Waals surface area contributed by atoms with Crippen LogP contribution < -0.4 is 15.5 Å². The van der Waals surface area contributed by atoms with Gasteiger partial charge >= 0.3 is 0 Å². The summed E-state index contributed by atoms with van der Waals surface area (Å²) in [7, 11) is 0. The molecule has 4 N–H and O–H groups in total. The van der Waals surface area contributed by atoms with E-state index in [0.717, 1.165) is 31.2 Å². The predicted octanol–water partition coefficient (Wildman–Crippen LogP) is 2.20. The van der Waals surface area contributed by atoms with Gasteiger partial charge < -0.3 is 20.7 Å². The lowest BCUT2D eigenvalue weighted by Crippen LogP contribution is -2.52. The molecule has 3 aromatic rings. The van der Waals surface area contributed by atoms with E-state index in [1.54, 1.807) is 24.5 Å². The minimum absolute atomic E-state index is 0.0828. The first kappa shape index (κ1) is 22.5.